The minimum absolute atomic E-state index is 0.00210. The largest absolute Gasteiger partial charge is 0.497 e. The fourth-order valence-corrected chi connectivity index (χ4v) is 4.59. The second kappa shape index (κ2) is 11.7. The van der Waals surface area contributed by atoms with Crippen molar-refractivity contribution in [2.75, 3.05) is 38.7 Å². The Bertz CT molecular complexity index is 1170. The maximum atomic E-state index is 13.7. The van der Waals surface area contributed by atoms with E-state index >= 15 is 0 Å². The van der Waals surface area contributed by atoms with E-state index in [-0.39, 0.29) is 24.5 Å². The van der Waals surface area contributed by atoms with Crippen LogP contribution in [0.5, 0.6) is 11.5 Å². The van der Waals surface area contributed by atoms with Gasteiger partial charge in [0.05, 0.1) is 19.8 Å². The number of amides is 3. The Balaban J connectivity index is 1.52. The molecule has 1 aliphatic heterocycles. The van der Waals surface area contributed by atoms with Crippen LogP contribution in [0, 0.1) is 0 Å². The molecule has 1 aromatic heterocycles. The lowest BCUT2D eigenvalue weighted by Gasteiger charge is -2.38. The van der Waals surface area contributed by atoms with Gasteiger partial charge < -0.3 is 29.2 Å². The number of fused-ring (bicyclic) bond motifs is 1. The molecule has 0 saturated heterocycles. The van der Waals surface area contributed by atoms with Gasteiger partial charge in [0.15, 0.2) is 0 Å². The third kappa shape index (κ3) is 5.64. The molecule has 1 unspecified atom stereocenters. The van der Waals surface area contributed by atoms with Crippen molar-refractivity contribution in [3.05, 3.63) is 78.1 Å². The second-order valence-corrected chi connectivity index (χ2v) is 8.70. The van der Waals surface area contributed by atoms with Crippen molar-refractivity contribution in [2.45, 2.75) is 32.9 Å². The van der Waals surface area contributed by atoms with Gasteiger partial charge in [0.1, 0.15) is 18.0 Å². The lowest BCUT2D eigenvalue weighted by Crippen LogP contribution is -2.48. The summed E-state index contributed by atoms with van der Waals surface area (Å²) in [6.07, 6.45) is 2.78. The van der Waals surface area contributed by atoms with Gasteiger partial charge in [-0.25, -0.2) is 4.79 Å². The highest BCUT2D eigenvalue weighted by atomic mass is 16.5. The molecule has 1 atom stereocenters. The smallest absolute Gasteiger partial charge is 0.322 e. The predicted octanol–water partition coefficient (Wildman–Crippen LogP) is 4.77. The van der Waals surface area contributed by atoms with Crippen molar-refractivity contribution in [3.63, 3.8) is 0 Å². The summed E-state index contributed by atoms with van der Waals surface area (Å²) < 4.78 is 13.1. The van der Waals surface area contributed by atoms with E-state index in [4.69, 9.17) is 9.47 Å². The summed E-state index contributed by atoms with van der Waals surface area (Å²) in [6, 6.07) is 18.5. The number of urea groups is 1. The molecule has 0 spiro atoms. The van der Waals surface area contributed by atoms with Gasteiger partial charge in [-0.3, -0.25) is 4.79 Å². The number of benzene rings is 2. The average molecular weight is 491 g/mol. The first-order valence-corrected chi connectivity index (χ1v) is 12.4. The summed E-state index contributed by atoms with van der Waals surface area (Å²) in [5, 5.41) is 2.91. The molecule has 1 aliphatic rings. The number of rotatable bonds is 9. The average Bonchev–Trinajstić information content (AvgIpc) is 3.38. The SMILES string of the molecule is CCCN(CC(=O)N1CCn2cccc2C1c1cccc(OC)c1)C(=O)Nc1ccc(OCC)cc1. The Labute approximate surface area is 212 Å². The molecule has 8 nitrogen and oxygen atoms in total. The van der Waals surface area contributed by atoms with Crippen molar-refractivity contribution in [1.29, 1.82) is 0 Å². The Morgan fingerprint density at radius 1 is 1.03 bits per heavy atom. The van der Waals surface area contributed by atoms with Gasteiger partial charge in [0.25, 0.3) is 0 Å². The topological polar surface area (TPSA) is 76.0 Å². The minimum Gasteiger partial charge on any atom is -0.497 e. The third-order valence-corrected chi connectivity index (χ3v) is 6.29. The van der Waals surface area contributed by atoms with Crippen LogP contribution in [0.25, 0.3) is 0 Å². The second-order valence-electron chi connectivity index (χ2n) is 8.70. The Morgan fingerprint density at radius 2 is 1.83 bits per heavy atom. The van der Waals surface area contributed by atoms with Crippen molar-refractivity contribution in [2.24, 2.45) is 0 Å². The van der Waals surface area contributed by atoms with Crippen molar-refractivity contribution in [3.8, 4) is 11.5 Å². The zero-order chi connectivity index (χ0) is 25.5. The number of nitrogens with zero attached hydrogens (tertiary/aromatic N) is 3. The first-order chi connectivity index (χ1) is 17.5. The molecule has 3 aromatic rings. The van der Waals surface area contributed by atoms with Crippen LogP contribution in [-0.2, 0) is 11.3 Å². The van der Waals surface area contributed by atoms with E-state index in [1.807, 2.05) is 73.5 Å². The molecule has 0 saturated carbocycles. The Kier molecular flexibility index (Phi) is 8.15. The Hall–Kier alpha value is -3.94. The lowest BCUT2D eigenvalue weighted by atomic mass is 9.99. The maximum Gasteiger partial charge on any atom is 0.322 e. The van der Waals surface area contributed by atoms with Gasteiger partial charge in [-0.1, -0.05) is 19.1 Å². The van der Waals surface area contributed by atoms with Crippen LogP contribution in [-0.4, -0.2) is 59.7 Å². The van der Waals surface area contributed by atoms with E-state index in [1.165, 1.54) is 0 Å². The predicted molar refractivity (Wildman–Crippen MR) is 139 cm³/mol. The van der Waals surface area contributed by atoms with Crippen LogP contribution in [0.4, 0.5) is 10.5 Å². The summed E-state index contributed by atoms with van der Waals surface area (Å²) in [7, 11) is 1.64. The van der Waals surface area contributed by atoms with Gasteiger partial charge in [-0.2, -0.15) is 0 Å². The number of anilines is 1. The molecule has 3 amide bonds. The minimum atomic E-state index is -0.298. The molecule has 2 aromatic carbocycles. The molecule has 8 heteroatoms. The molecule has 36 heavy (non-hydrogen) atoms. The van der Waals surface area contributed by atoms with Crippen molar-refractivity contribution < 1.29 is 19.1 Å². The van der Waals surface area contributed by atoms with Crippen LogP contribution >= 0.6 is 0 Å². The van der Waals surface area contributed by atoms with E-state index in [9.17, 15) is 9.59 Å². The molecule has 0 aliphatic carbocycles. The quantitative estimate of drug-likeness (QED) is 0.469. The monoisotopic (exact) mass is 490 g/mol. The van der Waals surface area contributed by atoms with Crippen LogP contribution in [0.3, 0.4) is 0 Å². The number of ether oxygens (including phenoxy) is 2. The number of hydrogen-bond donors (Lipinski definition) is 1. The van der Waals surface area contributed by atoms with Gasteiger partial charge in [-0.15, -0.1) is 0 Å². The Morgan fingerprint density at radius 3 is 2.56 bits per heavy atom. The molecule has 2 heterocycles. The summed E-state index contributed by atoms with van der Waals surface area (Å²) in [5.74, 6) is 1.39. The van der Waals surface area contributed by atoms with Crippen LogP contribution in [0.15, 0.2) is 66.9 Å². The van der Waals surface area contributed by atoms with E-state index in [0.717, 1.165) is 29.2 Å². The van der Waals surface area contributed by atoms with Gasteiger partial charge in [-0.05, 0) is 67.4 Å². The fraction of sp³-hybridized carbons (Fsp3) is 0.357. The summed E-state index contributed by atoms with van der Waals surface area (Å²) in [6.45, 7) is 6.24. The van der Waals surface area contributed by atoms with Crippen LogP contribution in [0.1, 0.15) is 37.6 Å². The van der Waals surface area contributed by atoms with Crippen molar-refractivity contribution >= 4 is 17.6 Å². The molecular formula is C28H34N4O4. The molecule has 4 rings (SSSR count). The first-order valence-electron chi connectivity index (χ1n) is 12.4. The third-order valence-electron chi connectivity index (χ3n) is 6.29. The molecule has 0 fully saturated rings. The van der Waals surface area contributed by atoms with Crippen molar-refractivity contribution in [1.82, 2.24) is 14.4 Å². The summed E-state index contributed by atoms with van der Waals surface area (Å²) in [5.41, 5.74) is 2.68. The highest BCUT2D eigenvalue weighted by Crippen LogP contribution is 2.34. The summed E-state index contributed by atoms with van der Waals surface area (Å²) in [4.78, 5) is 30.2. The van der Waals surface area contributed by atoms with E-state index in [0.29, 0.717) is 31.9 Å². The molecular weight excluding hydrogens is 456 g/mol. The normalized spacial score (nSPS) is 14.6. The van der Waals surface area contributed by atoms with Crippen LogP contribution in [0.2, 0.25) is 0 Å². The standard InChI is InChI=1S/C28H34N4O4/c1-4-15-31(28(34)29-22-11-13-23(14-12-22)36-5-2)20-26(33)32-18-17-30-16-7-10-25(30)27(32)21-8-6-9-24(19-21)35-3/h6-14,16,19,27H,4-5,15,17-18,20H2,1-3H3,(H,29,34). The number of nitrogens with one attached hydrogen (secondary N) is 1. The number of carbonyl (C=O) groups is 2. The molecule has 1 N–H and O–H groups in total. The maximum absolute atomic E-state index is 13.7. The zero-order valence-corrected chi connectivity index (χ0v) is 21.1. The number of carbonyl (C=O) groups excluding carboxylic acids is 2. The number of hydrogen-bond acceptors (Lipinski definition) is 4. The highest BCUT2D eigenvalue weighted by molar-refractivity contribution is 5.92. The van der Waals surface area contributed by atoms with Gasteiger partial charge in [0.2, 0.25) is 5.91 Å². The van der Waals surface area contributed by atoms with Crippen LogP contribution < -0.4 is 14.8 Å². The molecule has 0 bridgehead atoms. The molecule has 0 radical (unpaired) electrons. The van der Waals surface area contributed by atoms with Gasteiger partial charge in [0, 0.05) is 37.2 Å². The highest BCUT2D eigenvalue weighted by Gasteiger charge is 2.33. The lowest BCUT2D eigenvalue weighted by molar-refractivity contribution is -0.134. The first kappa shape index (κ1) is 25.2. The zero-order valence-electron chi connectivity index (χ0n) is 21.1. The van der Waals surface area contributed by atoms with E-state index in [1.54, 1.807) is 24.1 Å². The summed E-state index contributed by atoms with van der Waals surface area (Å²) >= 11 is 0. The van der Waals surface area contributed by atoms with Gasteiger partial charge >= 0.3 is 6.03 Å². The fourth-order valence-electron chi connectivity index (χ4n) is 4.59. The van der Waals surface area contributed by atoms with E-state index in [2.05, 4.69) is 9.88 Å². The van der Waals surface area contributed by atoms with E-state index < -0.39 is 0 Å². The molecule has 190 valence electrons. The number of aromatic nitrogens is 1. The number of methoxy groups -OCH3 is 1.